The van der Waals surface area contributed by atoms with E-state index in [-0.39, 0.29) is 0 Å². The number of benzene rings is 2. The summed E-state index contributed by atoms with van der Waals surface area (Å²) in [6, 6.07) is 14.5. The minimum Gasteiger partial charge on any atom is -0.399 e. The number of urea groups is 1. The molecular formula is C23H27ClN8O. The molecule has 1 saturated heterocycles. The van der Waals surface area contributed by atoms with Crippen LogP contribution in [0.4, 0.5) is 39.2 Å². The first kappa shape index (κ1) is 22.6. The molecule has 2 heterocycles. The Hall–Kier alpha value is -3.56. The molecule has 4 rings (SSSR count). The van der Waals surface area contributed by atoms with Crippen molar-refractivity contribution in [1.29, 1.82) is 0 Å². The summed E-state index contributed by atoms with van der Waals surface area (Å²) in [6.45, 7) is 4.17. The van der Waals surface area contributed by atoms with E-state index in [9.17, 15) is 4.79 Å². The highest BCUT2D eigenvalue weighted by molar-refractivity contribution is 6.34. The van der Waals surface area contributed by atoms with Gasteiger partial charge in [0, 0.05) is 56.4 Å². The number of nitrogens with one attached hydrogen (secondary N) is 2. The van der Waals surface area contributed by atoms with Crippen molar-refractivity contribution >= 4 is 52.0 Å². The Morgan fingerprint density at radius 1 is 1.06 bits per heavy atom. The van der Waals surface area contributed by atoms with Crippen LogP contribution >= 0.6 is 11.6 Å². The van der Waals surface area contributed by atoms with Crippen molar-refractivity contribution in [3.63, 3.8) is 0 Å². The molecule has 1 aromatic heterocycles. The third-order valence-corrected chi connectivity index (χ3v) is 5.87. The van der Waals surface area contributed by atoms with Gasteiger partial charge in [0.05, 0.1) is 10.7 Å². The molecule has 1 aliphatic heterocycles. The van der Waals surface area contributed by atoms with E-state index in [1.165, 1.54) is 16.9 Å². The second-order valence-corrected chi connectivity index (χ2v) is 8.36. The van der Waals surface area contributed by atoms with E-state index >= 15 is 0 Å². The van der Waals surface area contributed by atoms with Gasteiger partial charge in [-0.1, -0.05) is 11.6 Å². The second-order valence-electron chi connectivity index (χ2n) is 7.95. The van der Waals surface area contributed by atoms with Gasteiger partial charge in [0.2, 0.25) is 0 Å². The van der Waals surface area contributed by atoms with Gasteiger partial charge in [-0.15, -0.1) is 0 Å². The van der Waals surface area contributed by atoms with Crippen LogP contribution in [0, 0.1) is 0 Å². The number of rotatable bonds is 5. The van der Waals surface area contributed by atoms with Gasteiger partial charge in [-0.25, -0.2) is 14.8 Å². The molecule has 0 aliphatic carbocycles. The van der Waals surface area contributed by atoms with Crippen LogP contribution in [0.15, 0.2) is 54.9 Å². The fourth-order valence-electron chi connectivity index (χ4n) is 3.51. The number of hydrogen-bond acceptors (Lipinski definition) is 7. The molecule has 3 aromatic rings. The van der Waals surface area contributed by atoms with Crippen LogP contribution in [-0.2, 0) is 0 Å². The lowest BCUT2D eigenvalue weighted by atomic mass is 10.2. The molecule has 10 heteroatoms. The Labute approximate surface area is 198 Å². The lowest BCUT2D eigenvalue weighted by Gasteiger charge is -2.34. The van der Waals surface area contributed by atoms with E-state index in [1.807, 2.05) is 12.1 Å². The predicted octanol–water partition coefficient (Wildman–Crippen LogP) is 3.88. The Morgan fingerprint density at radius 3 is 2.52 bits per heavy atom. The molecule has 172 valence electrons. The van der Waals surface area contributed by atoms with Gasteiger partial charge in [0.15, 0.2) is 0 Å². The largest absolute Gasteiger partial charge is 0.399 e. The van der Waals surface area contributed by atoms with Gasteiger partial charge in [-0.3, -0.25) is 4.90 Å². The average Bonchev–Trinajstić information content (AvgIpc) is 2.82. The predicted molar refractivity (Wildman–Crippen MR) is 135 cm³/mol. The maximum atomic E-state index is 12.7. The fourth-order valence-corrected chi connectivity index (χ4v) is 3.67. The summed E-state index contributed by atoms with van der Waals surface area (Å²) in [5.41, 5.74) is 8.82. The van der Waals surface area contributed by atoms with Crippen LogP contribution in [0.25, 0.3) is 0 Å². The molecule has 0 radical (unpaired) electrons. The Morgan fingerprint density at radius 2 is 1.79 bits per heavy atom. The number of nitrogen functional groups attached to an aromatic ring is 1. The zero-order valence-corrected chi connectivity index (χ0v) is 19.4. The summed E-state index contributed by atoms with van der Waals surface area (Å²) in [5, 5.41) is 6.41. The third-order valence-electron chi connectivity index (χ3n) is 5.54. The first-order valence-corrected chi connectivity index (χ1v) is 11.0. The maximum absolute atomic E-state index is 12.7. The lowest BCUT2D eigenvalue weighted by Crippen LogP contribution is -2.44. The molecule has 4 N–H and O–H groups in total. The van der Waals surface area contributed by atoms with E-state index in [1.54, 1.807) is 31.3 Å². The average molecular weight is 467 g/mol. The SMILES string of the molecule is CN1CCN(c2ccc(Nc3cc(N(C)C(=O)Nc4cc(N)ccc4Cl)ncn3)cc2)CC1. The molecule has 0 bridgehead atoms. The number of piperazine rings is 1. The van der Waals surface area contributed by atoms with Crippen LogP contribution in [0.1, 0.15) is 0 Å². The van der Waals surface area contributed by atoms with E-state index in [0.717, 1.165) is 31.9 Å². The standard InChI is InChI=1S/C23H27ClN8O/c1-30-9-11-32(12-10-30)18-6-4-17(5-7-18)28-21-14-22(27-15-26-21)31(2)23(33)29-20-13-16(25)3-8-19(20)24/h3-8,13-15H,9-12,25H2,1-2H3,(H,29,33)(H,26,27,28). The topological polar surface area (TPSA) is 103 Å². The van der Waals surface area contributed by atoms with Crippen molar-refractivity contribution in [3.8, 4) is 0 Å². The van der Waals surface area contributed by atoms with E-state index < -0.39 is 6.03 Å². The Kier molecular flexibility index (Phi) is 6.81. The fraction of sp³-hybridized carbons (Fsp3) is 0.261. The third kappa shape index (κ3) is 5.63. The summed E-state index contributed by atoms with van der Waals surface area (Å²) >= 11 is 6.14. The number of nitrogens with two attached hydrogens (primary N) is 1. The summed E-state index contributed by atoms with van der Waals surface area (Å²) in [4.78, 5) is 27.3. The van der Waals surface area contributed by atoms with Gasteiger partial charge < -0.3 is 26.2 Å². The molecule has 1 fully saturated rings. The van der Waals surface area contributed by atoms with Gasteiger partial charge >= 0.3 is 6.03 Å². The lowest BCUT2D eigenvalue weighted by molar-refractivity contribution is 0.258. The molecule has 0 atom stereocenters. The molecule has 0 spiro atoms. The van der Waals surface area contributed by atoms with Crippen LogP contribution in [0.2, 0.25) is 5.02 Å². The number of likely N-dealkylation sites (N-methyl/N-ethyl adjacent to an activating group) is 1. The van der Waals surface area contributed by atoms with Crippen molar-refractivity contribution in [2.24, 2.45) is 0 Å². The minimum atomic E-state index is -0.399. The molecule has 1 aliphatic rings. The maximum Gasteiger partial charge on any atom is 0.327 e. The highest BCUT2D eigenvalue weighted by Crippen LogP contribution is 2.26. The van der Waals surface area contributed by atoms with Crippen molar-refractivity contribution in [1.82, 2.24) is 14.9 Å². The first-order valence-electron chi connectivity index (χ1n) is 10.6. The Balaban J connectivity index is 1.41. The zero-order valence-electron chi connectivity index (χ0n) is 18.6. The van der Waals surface area contributed by atoms with Crippen LogP contribution in [-0.4, -0.2) is 61.2 Å². The molecule has 33 heavy (non-hydrogen) atoms. The number of hydrogen-bond donors (Lipinski definition) is 3. The zero-order chi connectivity index (χ0) is 23.4. The first-order chi connectivity index (χ1) is 15.9. The van der Waals surface area contributed by atoms with Crippen LogP contribution < -0.4 is 26.2 Å². The van der Waals surface area contributed by atoms with Crippen LogP contribution in [0.3, 0.4) is 0 Å². The van der Waals surface area contributed by atoms with Crippen molar-refractivity contribution in [3.05, 3.63) is 59.9 Å². The van der Waals surface area contributed by atoms with Gasteiger partial charge in [0.1, 0.15) is 18.0 Å². The molecular weight excluding hydrogens is 440 g/mol. The highest BCUT2D eigenvalue weighted by atomic mass is 35.5. The number of aromatic nitrogens is 2. The van der Waals surface area contributed by atoms with Gasteiger partial charge in [0.25, 0.3) is 0 Å². The second kappa shape index (κ2) is 9.93. The number of nitrogens with zero attached hydrogens (tertiary/aromatic N) is 5. The quantitative estimate of drug-likeness (QED) is 0.490. The number of carbonyl (C=O) groups is 1. The molecule has 2 amide bonds. The summed E-state index contributed by atoms with van der Waals surface area (Å²) in [7, 11) is 3.76. The molecule has 0 unspecified atom stereocenters. The van der Waals surface area contributed by atoms with Gasteiger partial charge in [-0.05, 0) is 49.5 Å². The normalized spacial score (nSPS) is 14.1. The van der Waals surface area contributed by atoms with E-state index in [4.69, 9.17) is 17.3 Å². The molecule has 0 saturated carbocycles. The van der Waals surface area contributed by atoms with E-state index in [0.29, 0.717) is 28.0 Å². The number of amides is 2. The molecule has 2 aromatic carbocycles. The van der Waals surface area contributed by atoms with Crippen LogP contribution in [0.5, 0.6) is 0 Å². The number of carbonyl (C=O) groups excluding carboxylic acids is 1. The number of anilines is 6. The summed E-state index contributed by atoms with van der Waals surface area (Å²) in [6.07, 6.45) is 1.41. The van der Waals surface area contributed by atoms with Crippen molar-refractivity contribution < 1.29 is 4.79 Å². The molecule has 9 nitrogen and oxygen atoms in total. The monoisotopic (exact) mass is 466 g/mol. The Bertz CT molecular complexity index is 1120. The van der Waals surface area contributed by atoms with E-state index in [2.05, 4.69) is 49.6 Å². The van der Waals surface area contributed by atoms with Crippen molar-refractivity contribution in [2.45, 2.75) is 0 Å². The smallest absolute Gasteiger partial charge is 0.327 e. The summed E-state index contributed by atoms with van der Waals surface area (Å²) in [5.74, 6) is 1.01. The highest BCUT2D eigenvalue weighted by Gasteiger charge is 2.16. The van der Waals surface area contributed by atoms with Gasteiger partial charge in [-0.2, -0.15) is 0 Å². The van der Waals surface area contributed by atoms with Crippen molar-refractivity contribution in [2.75, 3.05) is 66.4 Å². The minimum absolute atomic E-state index is 0.399. The number of halogens is 1. The summed E-state index contributed by atoms with van der Waals surface area (Å²) < 4.78 is 0.